The van der Waals surface area contributed by atoms with E-state index in [1.807, 2.05) is 12.1 Å². The predicted octanol–water partition coefficient (Wildman–Crippen LogP) is 3.38. The van der Waals surface area contributed by atoms with Crippen LogP contribution in [0.3, 0.4) is 0 Å². The van der Waals surface area contributed by atoms with Gasteiger partial charge in [-0.3, -0.25) is 4.79 Å². The standard InChI is InChI=1S/C14H18BrNO2/c1-18-11-6-7-13(15)12(9-11)14(17)16-8-2-3-10-4-5-10/h6-7,9-10H,2-5,8H2,1H3,(H,16,17). The van der Waals surface area contributed by atoms with Crippen LogP contribution in [0.1, 0.15) is 36.0 Å². The van der Waals surface area contributed by atoms with Crippen LogP contribution in [0.25, 0.3) is 0 Å². The van der Waals surface area contributed by atoms with Crippen molar-refractivity contribution in [3.63, 3.8) is 0 Å². The first-order valence-corrected chi connectivity index (χ1v) is 7.11. The van der Waals surface area contributed by atoms with Crippen molar-refractivity contribution < 1.29 is 9.53 Å². The topological polar surface area (TPSA) is 38.3 Å². The van der Waals surface area contributed by atoms with Crippen LogP contribution in [0.4, 0.5) is 0 Å². The van der Waals surface area contributed by atoms with Gasteiger partial charge in [0.25, 0.3) is 5.91 Å². The summed E-state index contributed by atoms with van der Waals surface area (Å²) in [6.45, 7) is 0.749. The number of ether oxygens (including phenoxy) is 1. The summed E-state index contributed by atoms with van der Waals surface area (Å²) in [7, 11) is 1.60. The van der Waals surface area contributed by atoms with E-state index in [1.165, 1.54) is 19.3 Å². The highest BCUT2D eigenvalue weighted by Gasteiger charge is 2.20. The molecule has 0 atom stereocenters. The summed E-state index contributed by atoms with van der Waals surface area (Å²) in [5.41, 5.74) is 0.626. The zero-order chi connectivity index (χ0) is 13.0. The Hall–Kier alpha value is -1.03. The maximum atomic E-state index is 12.0. The molecule has 0 saturated heterocycles. The number of rotatable bonds is 6. The number of hydrogen-bond donors (Lipinski definition) is 1. The third-order valence-corrected chi connectivity index (χ3v) is 3.88. The van der Waals surface area contributed by atoms with Gasteiger partial charge in [-0.05, 0) is 52.9 Å². The number of benzene rings is 1. The Morgan fingerprint density at radius 2 is 2.28 bits per heavy atom. The van der Waals surface area contributed by atoms with Crippen molar-refractivity contribution in [2.24, 2.45) is 5.92 Å². The van der Waals surface area contributed by atoms with Crippen LogP contribution in [0.5, 0.6) is 5.75 Å². The minimum absolute atomic E-state index is 0.0448. The van der Waals surface area contributed by atoms with Crippen molar-refractivity contribution in [2.45, 2.75) is 25.7 Å². The smallest absolute Gasteiger partial charge is 0.252 e. The molecule has 1 aromatic carbocycles. The zero-order valence-electron chi connectivity index (χ0n) is 10.5. The summed E-state index contributed by atoms with van der Waals surface area (Å²) < 4.78 is 5.92. The third kappa shape index (κ3) is 3.73. The summed E-state index contributed by atoms with van der Waals surface area (Å²) in [5.74, 6) is 1.57. The van der Waals surface area contributed by atoms with E-state index in [0.717, 1.165) is 23.4 Å². The van der Waals surface area contributed by atoms with Crippen molar-refractivity contribution in [3.8, 4) is 5.75 Å². The lowest BCUT2D eigenvalue weighted by atomic mass is 10.2. The average Bonchev–Trinajstić information content (AvgIpc) is 3.19. The van der Waals surface area contributed by atoms with E-state index in [4.69, 9.17) is 4.74 Å². The molecule has 0 unspecified atom stereocenters. The van der Waals surface area contributed by atoms with Crippen LogP contribution >= 0.6 is 15.9 Å². The fourth-order valence-corrected chi connectivity index (χ4v) is 2.33. The van der Waals surface area contributed by atoms with Crippen molar-refractivity contribution in [3.05, 3.63) is 28.2 Å². The monoisotopic (exact) mass is 311 g/mol. The van der Waals surface area contributed by atoms with Crippen molar-refractivity contribution in [1.29, 1.82) is 0 Å². The van der Waals surface area contributed by atoms with Crippen LogP contribution in [0.2, 0.25) is 0 Å². The molecule has 18 heavy (non-hydrogen) atoms. The largest absolute Gasteiger partial charge is 0.497 e. The Labute approximate surface area is 116 Å². The number of carbonyl (C=O) groups is 1. The van der Waals surface area contributed by atoms with Gasteiger partial charge in [0.1, 0.15) is 5.75 Å². The van der Waals surface area contributed by atoms with Gasteiger partial charge in [0, 0.05) is 11.0 Å². The molecule has 4 heteroatoms. The molecule has 1 amide bonds. The predicted molar refractivity (Wildman–Crippen MR) is 75.0 cm³/mol. The van der Waals surface area contributed by atoms with Gasteiger partial charge < -0.3 is 10.1 Å². The first kappa shape index (κ1) is 13.4. The second-order valence-corrected chi connectivity index (χ2v) is 5.54. The number of methoxy groups -OCH3 is 1. The zero-order valence-corrected chi connectivity index (χ0v) is 12.1. The van der Waals surface area contributed by atoms with Gasteiger partial charge in [-0.1, -0.05) is 12.8 Å². The molecule has 0 aromatic heterocycles. The van der Waals surface area contributed by atoms with E-state index in [1.54, 1.807) is 13.2 Å². The number of hydrogen-bond acceptors (Lipinski definition) is 2. The van der Waals surface area contributed by atoms with Crippen LogP contribution < -0.4 is 10.1 Å². The van der Waals surface area contributed by atoms with Gasteiger partial charge in [-0.15, -0.1) is 0 Å². The SMILES string of the molecule is COc1ccc(Br)c(C(=O)NCCCC2CC2)c1. The molecule has 1 fully saturated rings. The van der Waals surface area contributed by atoms with E-state index in [0.29, 0.717) is 11.3 Å². The second-order valence-electron chi connectivity index (χ2n) is 4.69. The quantitative estimate of drug-likeness (QED) is 0.818. The Morgan fingerprint density at radius 1 is 1.50 bits per heavy atom. The van der Waals surface area contributed by atoms with Gasteiger partial charge in [-0.2, -0.15) is 0 Å². The highest BCUT2D eigenvalue weighted by Crippen LogP contribution is 2.33. The fourth-order valence-electron chi connectivity index (χ4n) is 1.90. The molecule has 1 N–H and O–H groups in total. The van der Waals surface area contributed by atoms with Crippen molar-refractivity contribution in [2.75, 3.05) is 13.7 Å². The molecule has 1 aliphatic carbocycles. The molecule has 0 spiro atoms. The molecule has 98 valence electrons. The molecular weight excluding hydrogens is 294 g/mol. The molecule has 1 aliphatic rings. The highest BCUT2D eigenvalue weighted by atomic mass is 79.9. The van der Waals surface area contributed by atoms with Gasteiger partial charge in [0.05, 0.1) is 12.7 Å². The van der Waals surface area contributed by atoms with Crippen LogP contribution in [0, 0.1) is 5.92 Å². The Balaban J connectivity index is 1.86. The lowest BCUT2D eigenvalue weighted by molar-refractivity contribution is 0.0951. The molecule has 0 heterocycles. The van der Waals surface area contributed by atoms with Crippen molar-refractivity contribution in [1.82, 2.24) is 5.32 Å². The number of nitrogens with one attached hydrogen (secondary N) is 1. The molecular formula is C14H18BrNO2. The summed E-state index contributed by atoms with van der Waals surface area (Å²) in [5, 5.41) is 2.95. The van der Waals surface area contributed by atoms with E-state index in [2.05, 4.69) is 21.2 Å². The van der Waals surface area contributed by atoms with Gasteiger partial charge >= 0.3 is 0 Å². The summed E-state index contributed by atoms with van der Waals surface area (Å²) in [6.07, 6.45) is 5.04. The maximum Gasteiger partial charge on any atom is 0.252 e. The maximum absolute atomic E-state index is 12.0. The summed E-state index contributed by atoms with van der Waals surface area (Å²) >= 11 is 3.39. The highest BCUT2D eigenvalue weighted by molar-refractivity contribution is 9.10. The van der Waals surface area contributed by atoms with Crippen molar-refractivity contribution >= 4 is 21.8 Å². The molecule has 1 aromatic rings. The third-order valence-electron chi connectivity index (χ3n) is 3.19. The molecule has 3 nitrogen and oxygen atoms in total. The van der Waals surface area contributed by atoms with Gasteiger partial charge in [0.15, 0.2) is 0 Å². The van der Waals surface area contributed by atoms with Gasteiger partial charge in [0.2, 0.25) is 0 Å². The van der Waals surface area contributed by atoms with Crippen LogP contribution in [-0.4, -0.2) is 19.6 Å². The molecule has 0 bridgehead atoms. The molecule has 2 rings (SSSR count). The summed E-state index contributed by atoms with van der Waals surface area (Å²) in [6, 6.07) is 5.41. The average molecular weight is 312 g/mol. The minimum atomic E-state index is -0.0448. The number of carbonyl (C=O) groups excluding carboxylic acids is 1. The summed E-state index contributed by atoms with van der Waals surface area (Å²) in [4.78, 5) is 12.0. The lowest BCUT2D eigenvalue weighted by Gasteiger charge is -2.08. The van der Waals surface area contributed by atoms with Crippen LogP contribution in [-0.2, 0) is 0 Å². The van der Waals surface area contributed by atoms with E-state index in [-0.39, 0.29) is 5.91 Å². The van der Waals surface area contributed by atoms with Gasteiger partial charge in [-0.25, -0.2) is 0 Å². The van der Waals surface area contributed by atoms with E-state index >= 15 is 0 Å². The lowest BCUT2D eigenvalue weighted by Crippen LogP contribution is -2.24. The number of amides is 1. The Kier molecular flexibility index (Phi) is 4.64. The molecule has 0 radical (unpaired) electrons. The second kappa shape index (κ2) is 6.23. The van der Waals surface area contributed by atoms with Crippen LogP contribution in [0.15, 0.2) is 22.7 Å². The Morgan fingerprint density at radius 3 is 2.94 bits per heavy atom. The fraction of sp³-hybridized carbons (Fsp3) is 0.500. The molecule has 0 aliphatic heterocycles. The normalized spacial score (nSPS) is 14.3. The van der Waals surface area contributed by atoms with E-state index < -0.39 is 0 Å². The first-order chi connectivity index (χ1) is 8.70. The Bertz CT molecular complexity index is 430. The minimum Gasteiger partial charge on any atom is -0.497 e. The molecule has 1 saturated carbocycles. The number of halogens is 1. The first-order valence-electron chi connectivity index (χ1n) is 6.32. The van der Waals surface area contributed by atoms with E-state index in [9.17, 15) is 4.79 Å².